The van der Waals surface area contributed by atoms with Crippen LogP contribution in [-0.4, -0.2) is 43.9 Å². The molecule has 0 saturated heterocycles. The number of halogens is 1. The van der Waals surface area contributed by atoms with Gasteiger partial charge in [0.25, 0.3) is 5.56 Å². The Morgan fingerprint density at radius 3 is 2.51 bits per heavy atom. The van der Waals surface area contributed by atoms with Crippen molar-refractivity contribution < 1.29 is 28.5 Å². The number of esters is 2. The van der Waals surface area contributed by atoms with Gasteiger partial charge < -0.3 is 18.9 Å². The topological polar surface area (TPSA) is 105 Å². The van der Waals surface area contributed by atoms with E-state index in [0.717, 1.165) is 11.1 Å². The molecule has 2 heterocycles. The van der Waals surface area contributed by atoms with E-state index in [2.05, 4.69) is 32.3 Å². The summed E-state index contributed by atoms with van der Waals surface area (Å²) >= 11 is 3.32. The van der Waals surface area contributed by atoms with Crippen molar-refractivity contribution >= 4 is 51.9 Å². The molecule has 0 bridgehead atoms. The summed E-state index contributed by atoms with van der Waals surface area (Å²) in [6.45, 7) is 5.42. The smallest absolute Gasteiger partial charge is 0.343 e. The first-order chi connectivity index (χ1) is 18.7. The fourth-order valence-electron chi connectivity index (χ4n) is 4.16. The number of ether oxygens (including phenoxy) is 4. The van der Waals surface area contributed by atoms with Gasteiger partial charge in [-0.3, -0.25) is 9.36 Å². The van der Waals surface area contributed by atoms with Crippen molar-refractivity contribution in [2.45, 2.75) is 26.8 Å². The van der Waals surface area contributed by atoms with Crippen LogP contribution in [0.5, 0.6) is 11.5 Å². The Hall–Kier alpha value is -3.45. The average molecular weight is 663 g/mol. The van der Waals surface area contributed by atoms with E-state index in [0.29, 0.717) is 41.2 Å². The average Bonchev–Trinajstić information content (AvgIpc) is 3.21. The Morgan fingerprint density at radius 1 is 1.15 bits per heavy atom. The van der Waals surface area contributed by atoms with E-state index in [1.54, 1.807) is 30.6 Å². The highest BCUT2D eigenvalue weighted by Gasteiger charge is 2.33. The summed E-state index contributed by atoms with van der Waals surface area (Å²) in [6.07, 6.45) is 1.74. The van der Waals surface area contributed by atoms with E-state index in [1.807, 2.05) is 37.3 Å². The van der Waals surface area contributed by atoms with Crippen LogP contribution in [-0.2, 0) is 19.1 Å². The highest BCUT2D eigenvalue weighted by molar-refractivity contribution is 14.1. The molecular weight excluding hydrogens is 635 g/mol. The van der Waals surface area contributed by atoms with Crippen LogP contribution in [0.2, 0.25) is 0 Å². The lowest BCUT2D eigenvalue weighted by molar-refractivity contribution is -0.143. The van der Waals surface area contributed by atoms with Crippen molar-refractivity contribution in [1.29, 1.82) is 0 Å². The largest absolute Gasteiger partial charge is 0.493 e. The Labute approximate surface area is 242 Å². The number of fused-ring (bicyclic) bond motifs is 1. The third-order valence-corrected chi connectivity index (χ3v) is 7.81. The second-order valence-corrected chi connectivity index (χ2v) is 10.8. The molecule has 0 fully saturated rings. The van der Waals surface area contributed by atoms with E-state index in [-0.39, 0.29) is 18.8 Å². The number of allylic oxidation sites excluding steroid dienone is 1. The number of thiazole rings is 1. The molecule has 1 atom stereocenters. The first-order valence-electron chi connectivity index (χ1n) is 12.0. The van der Waals surface area contributed by atoms with E-state index < -0.39 is 18.0 Å². The van der Waals surface area contributed by atoms with Gasteiger partial charge in [-0.15, -0.1) is 0 Å². The Bertz CT molecular complexity index is 1640. The number of aryl methyl sites for hydroxylation is 1. The van der Waals surface area contributed by atoms with Crippen LogP contribution in [0.1, 0.15) is 36.6 Å². The molecule has 9 nitrogen and oxygen atoms in total. The number of aromatic nitrogens is 1. The summed E-state index contributed by atoms with van der Waals surface area (Å²) in [5.74, 6) is -0.210. The predicted octanol–water partition coefficient (Wildman–Crippen LogP) is 3.27. The van der Waals surface area contributed by atoms with Crippen molar-refractivity contribution in [2.24, 2.45) is 4.99 Å². The molecule has 204 valence electrons. The number of benzene rings is 2. The molecule has 4 rings (SSSR count). The zero-order valence-corrected chi connectivity index (χ0v) is 25.0. The van der Waals surface area contributed by atoms with E-state index in [4.69, 9.17) is 14.2 Å². The minimum atomic E-state index is -0.674. The number of hydrogen-bond acceptors (Lipinski definition) is 9. The van der Waals surface area contributed by atoms with E-state index >= 15 is 0 Å². The summed E-state index contributed by atoms with van der Waals surface area (Å²) in [4.78, 5) is 43.5. The molecule has 0 saturated carbocycles. The Morgan fingerprint density at radius 2 is 1.87 bits per heavy atom. The van der Waals surface area contributed by atoms with Crippen molar-refractivity contribution in [1.82, 2.24) is 4.57 Å². The molecule has 0 radical (unpaired) electrons. The molecule has 0 unspecified atom stereocenters. The minimum absolute atomic E-state index is 0.209. The van der Waals surface area contributed by atoms with Crippen molar-refractivity contribution in [3.8, 4) is 11.5 Å². The van der Waals surface area contributed by atoms with Gasteiger partial charge in [-0.05, 0) is 72.7 Å². The summed E-state index contributed by atoms with van der Waals surface area (Å²) < 4.78 is 23.7. The normalized spacial score (nSPS) is 14.9. The van der Waals surface area contributed by atoms with Gasteiger partial charge in [0, 0.05) is 0 Å². The lowest BCUT2D eigenvalue weighted by atomic mass is 9.95. The van der Waals surface area contributed by atoms with Gasteiger partial charge in [-0.2, -0.15) is 0 Å². The summed E-state index contributed by atoms with van der Waals surface area (Å²) in [5.41, 5.74) is 3.11. The summed E-state index contributed by atoms with van der Waals surface area (Å²) in [5, 5.41) is 0. The van der Waals surface area contributed by atoms with Crippen molar-refractivity contribution in [2.75, 3.05) is 27.4 Å². The minimum Gasteiger partial charge on any atom is -0.493 e. The zero-order valence-electron chi connectivity index (χ0n) is 22.1. The SMILES string of the molecule is CCOC(=O)C1=C(C)N=c2s/c(=C/c3cc(I)c(OCC(=O)OC)c(OC)c3)c(=O)n2[C@@H]1c1ccc(C)cc1. The van der Waals surface area contributed by atoms with Crippen molar-refractivity contribution in [3.63, 3.8) is 0 Å². The van der Waals surface area contributed by atoms with Gasteiger partial charge >= 0.3 is 11.9 Å². The van der Waals surface area contributed by atoms with Crippen LogP contribution in [0.4, 0.5) is 0 Å². The third kappa shape index (κ3) is 5.93. The van der Waals surface area contributed by atoms with Crippen LogP contribution in [0, 0.1) is 10.5 Å². The monoisotopic (exact) mass is 662 g/mol. The molecule has 39 heavy (non-hydrogen) atoms. The van der Waals surface area contributed by atoms with Crippen LogP contribution in [0.25, 0.3) is 6.08 Å². The second-order valence-electron chi connectivity index (χ2n) is 8.61. The molecular formula is C28H27IN2O7S. The molecule has 2 aromatic carbocycles. The number of hydrogen-bond donors (Lipinski definition) is 0. The molecule has 0 amide bonds. The number of nitrogens with zero attached hydrogens (tertiary/aromatic N) is 2. The van der Waals surface area contributed by atoms with Gasteiger partial charge in [0.15, 0.2) is 22.9 Å². The summed E-state index contributed by atoms with van der Waals surface area (Å²) in [6, 6.07) is 10.6. The lowest BCUT2D eigenvalue weighted by Crippen LogP contribution is -2.39. The van der Waals surface area contributed by atoms with Crippen molar-refractivity contribution in [3.05, 3.63) is 87.6 Å². The zero-order chi connectivity index (χ0) is 28.3. The molecule has 11 heteroatoms. The van der Waals surface area contributed by atoms with Crippen LogP contribution in [0.3, 0.4) is 0 Å². The highest BCUT2D eigenvalue weighted by Crippen LogP contribution is 2.34. The van der Waals surface area contributed by atoms with Gasteiger partial charge in [-0.1, -0.05) is 41.2 Å². The molecule has 1 aromatic heterocycles. The fraction of sp³-hybridized carbons (Fsp3) is 0.286. The number of carbonyl (C=O) groups is 2. The predicted molar refractivity (Wildman–Crippen MR) is 155 cm³/mol. The van der Waals surface area contributed by atoms with E-state index in [1.165, 1.54) is 25.6 Å². The Balaban J connectivity index is 1.85. The quantitative estimate of drug-likeness (QED) is 0.270. The second kappa shape index (κ2) is 12.2. The Kier molecular flexibility index (Phi) is 8.90. The number of rotatable bonds is 8. The van der Waals surface area contributed by atoms with E-state index in [9.17, 15) is 14.4 Å². The number of methoxy groups -OCH3 is 2. The maximum Gasteiger partial charge on any atom is 0.343 e. The fourth-order valence-corrected chi connectivity index (χ4v) is 5.99. The molecule has 1 aliphatic heterocycles. The summed E-state index contributed by atoms with van der Waals surface area (Å²) in [7, 11) is 2.78. The van der Waals surface area contributed by atoms with Crippen LogP contribution >= 0.6 is 33.9 Å². The lowest BCUT2D eigenvalue weighted by Gasteiger charge is -2.24. The molecule has 0 spiro atoms. The van der Waals surface area contributed by atoms with Crippen LogP contribution < -0.4 is 24.4 Å². The van der Waals surface area contributed by atoms with Gasteiger partial charge in [0.1, 0.15) is 0 Å². The maximum atomic E-state index is 13.8. The third-order valence-electron chi connectivity index (χ3n) is 6.02. The highest BCUT2D eigenvalue weighted by atomic mass is 127. The first-order valence-corrected chi connectivity index (χ1v) is 13.9. The van der Waals surface area contributed by atoms with Gasteiger partial charge in [0.05, 0.1) is 46.2 Å². The molecule has 3 aromatic rings. The number of carbonyl (C=O) groups excluding carboxylic acids is 2. The molecule has 0 N–H and O–H groups in total. The van der Waals surface area contributed by atoms with Gasteiger partial charge in [-0.25, -0.2) is 14.6 Å². The van der Waals surface area contributed by atoms with Crippen LogP contribution in [0.15, 0.2) is 57.5 Å². The van der Waals surface area contributed by atoms with Gasteiger partial charge in [0.2, 0.25) is 0 Å². The first kappa shape index (κ1) is 28.6. The molecule has 1 aliphatic rings. The molecule has 0 aliphatic carbocycles. The standard InChI is InChI=1S/C28H27IN2O7S/c1-6-37-27(34)23-16(3)30-28-31(24(23)18-9-7-15(2)8-10-18)26(33)21(39-28)13-17-11-19(29)25(20(12-17)35-4)38-14-22(32)36-5/h7-13,24H,6,14H2,1-5H3/b21-13+/t24-/m1/s1. The maximum absolute atomic E-state index is 13.8.